The minimum Gasteiger partial charge on any atom is -0.478 e. The van der Waals surface area contributed by atoms with Crippen molar-refractivity contribution in [3.8, 4) is 0 Å². The summed E-state index contributed by atoms with van der Waals surface area (Å²) in [4.78, 5) is 11.1. The summed E-state index contributed by atoms with van der Waals surface area (Å²) in [6.07, 6.45) is 3.46. The number of nitrogens with two attached hydrogens (primary N) is 1. The van der Waals surface area contributed by atoms with Gasteiger partial charge in [0.05, 0.1) is 10.5 Å². The molecule has 0 bridgehead atoms. The van der Waals surface area contributed by atoms with E-state index < -0.39 is 16.0 Å². The van der Waals surface area contributed by atoms with Crippen LogP contribution in [-0.4, -0.2) is 25.5 Å². The molecule has 0 spiro atoms. The molecule has 6 nitrogen and oxygen atoms in total. The highest BCUT2D eigenvalue weighted by Crippen LogP contribution is 2.32. The Morgan fingerprint density at radius 3 is 2.55 bits per heavy atom. The van der Waals surface area contributed by atoms with Gasteiger partial charge in [0.25, 0.3) is 0 Å². The first-order valence-electron chi connectivity index (χ1n) is 6.45. The maximum absolute atomic E-state index is 11.3. The fourth-order valence-electron chi connectivity index (χ4n) is 2.31. The molecule has 1 saturated carbocycles. The summed E-state index contributed by atoms with van der Waals surface area (Å²) in [6, 6.07) is 4.02. The summed E-state index contributed by atoms with van der Waals surface area (Å²) in [5.41, 5.74) is 0.340. The molecule has 1 aliphatic rings. The Hall–Kier alpha value is -1.60. The first-order valence-corrected chi connectivity index (χ1v) is 8.00. The molecule has 0 heterocycles. The van der Waals surface area contributed by atoms with Gasteiger partial charge in [0, 0.05) is 11.7 Å². The number of rotatable bonds is 5. The van der Waals surface area contributed by atoms with Crippen molar-refractivity contribution in [2.75, 3.05) is 5.32 Å². The predicted octanol–water partition coefficient (Wildman–Crippen LogP) is 1.63. The average Bonchev–Trinajstić information content (AvgIpc) is 2.24. The van der Waals surface area contributed by atoms with E-state index in [2.05, 4.69) is 5.32 Å². The minimum absolute atomic E-state index is 0.0808. The van der Waals surface area contributed by atoms with Crippen LogP contribution in [-0.2, 0) is 10.0 Å². The number of benzene rings is 1. The Kier molecular flexibility index (Phi) is 4.01. The Bertz CT molecular complexity index is 623. The largest absolute Gasteiger partial charge is 0.478 e. The molecule has 1 aliphatic carbocycles. The van der Waals surface area contributed by atoms with Crippen LogP contribution in [0.5, 0.6) is 0 Å². The van der Waals surface area contributed by atoms with Gasteiger partial charge < -0.3 is 10.4 Å². The van der Waals surface area contributed by atoms with Gasteiger partial charge in [0.15, 0.2) is 0 Å². The van der Waals surface area contributed by atoms with Gasteiger partial charge in [-0.05, 0) is 43.9 Å². The summed E-state index contributed by atoms with van der Waals surface area (Å²) in [5.74, 6) is -0.645. The zero-order valence-corrected chi connectivity index (χ0v) is 12.0. The predicted molar refractivity (Wildman–Crippen MR) is 75.2 cm³/mol. The van der Waals surface area contributed by atoms with E-state index in [0.717, 1.165) is 18.9 Å². The number of aromatic carboxylic acids is 1. The molecular formula is C13H18N2O4S. The lowest BCUT2D eigenvalue weighted by atomic mass is 9.80. The molecule has 2 rings (SSSR count). The number of primary sulfonamides is 1. The Morgan fingerprint density at radius 1 is 1.45 bits per heavy atom. The number of carboxylic acids is 1. The summed E-state index contributed by atoms with van der Waals surface area (Å²) in [5, 5.41) is 17.4. The van der Waals surface area contributed by atoms with Crippen LogP contribution in [0.2, 0.25) is 0 Å². The van der Waals surface area contributed by atoms with Crippen molar-refractivity contribution in [3.05, 3.63) is 23.8 Å². The number of carbonyl (C=O) groups is 1. The molecule has 0 aromatic heterocycles. The van der Waals surface area contributed by atoms with Crippen molar-refractivity contribution in [1.82, 2.24) is 0 Å². The van der Waals surface area contributed by atoms with Crippen LogP contribution in [0, 0.1) is 5.92 Å². The molecule has 1 unspecified atom stereocenters. The standard InChI is InChI=1S/C13H18N2O4S/c1-8(9-3-2-4-9)15-12-6-5-10(20(14,18)19)7-11(12)13(16)17/h5-9,15H,2-4H2,1H3,(H,16,17)(H2,14,18,19). The summed E-state index contributed by atoms with van der Waals surface area (Å²) in [6.45, 7) is 2.00. The number of carboxylic acid groups (broad SMARTS) is 1. The maximum Gasteiger partial charge on any atom is 0.337 e. The third-order valence-electron chi connectivity index (χ3n) is 3.79. The summed E-state index contributed by atoms with van der Waals surface area (Å²) >= 11 is 0. The number of hydrogen-bond acceptors (Lipinski definition) is 4. The van der Waals surface area contributed by atoms with Crippen LogP contribution in [0.3, 0.4) is 0 Å². The fourth-order valence-corrected chi connectivity index (χ4v) is 2.85. The lowest BCUT2D eigenvalue weighted by molar-refractivity contribution is 0.0697. The van der Waals surface area contributed by atoms with Gasteiger partial charge in [-0.15, -0.1) is 0 Å². The molecule has 7 heteroatoms. The molecule has 4 N–H and O–H groups in total. The number of nitrogens with one attached hydrogen (secondary N) is 1. The second kappa shape index (κ2) is 5.41. The molecule has 0 amide bonds. The van der Waals surface area contributed by atoms with E-state index >= 15 is 0 Å². The van der Waals surface area contributed by atoms with E-state index in [0.29, 0.717) is 11.6 Å². The molecule has 0 saturated heterocycles. The average molecular weight is 298 g/mol. The fraction of sp³-hybridized carbons (Fsp3) is 0.462. The lowest BCUT2D eigenvalue weighted by Crippen LogP contribution is -2.31. The second-order valence-corrected chi connectivity index (χ2v) is 6.74. The van der Waals surface area contributed by atoms with E-state index in [-0.39, 0.29) is 16.5 Å². The molecule has 0 radical (unpaired) electrons. The van der Waals surface area contributed by atoms with Gasteiger partial charge in [-0.2, -0.15) is 0 Å². The van der Waals surface area contributed by atoms with Crippen molar-refractivity contribution >= 4 is 21.7 Å². The van der Waals surface area contributed by atoms with Gasteiger partial charge in [0.1, 0.15) is 0 Å². The third-order valence-corrected chi connectivity index (χ3v) is 4.70. The smallest absolute Gasteiger partial charge is 0.337 e. The molecule has 1 fully saturated rings. The van der Waals surface area contributed by atoms with Gasteiger partial charge in [-0.1, -0.05) is 6.42 Å². The molecule has 110 valence electrons. The topological polar surface area (TPSA) is 109 Å². The van der Waals surface area contributed by atoms with Gasteiger partial charge in [-0.3, -0.25) is 0 Å². The monoisotopic (exact) mass is 298 g/mol. The first kappa shape index (κ1) is 14.8. The number of hydrogen-bond donors (Lipinski definition) is 3. The van der Waals surface area contributed by atoms with Crippen LogP contribution in [0.1, 0.15) is 36.5 Å². The molecule has 1 aromatic rings. The second-order valence-electron chi connectivity index (χ2n) is 5.18. The lowest BCUT2D eigenvalue weighted by Gasteiger charge is -2.32. The number of anilines is 1. The molecule has 1 atom stereocenters. The molecular weight excluding hydrogens is 280 g/mol. The van der Waals surface area contributed by atoms with Gasteiger partial charge in [0.2, 0.25) is 10.0 Å². The Balaban J connectivity index is 2.30. The van der Waals surface area contributed by atoms with Crippen LogP contribution in [0.4, 0.5) is 5.69 Å². The SMILES string of the molecule is CC(Nc1ccc(S(N)(=O)=O)cc1C(=O)O)C1CCC1. The van der Waals surface area contributed by atoms with Crippen molar-refractivity contribution in [1.29, 1.82) is 0 Å². The van der Waals surface area contributed by atoms with Crippen molar-refractivity contribution in [2.45, 2.75) is 37.1 Å². The Morgan fingerprint density at radius 2 is 2.10 bits per heavy atom. The van der Waals surface area contributed by atoms with Gasteiger partial charge >= 0.3 is 5.97 Å². The normalized spacial score (nSPS) is 17.3. The van der Waals surface area contributed by atoms with Crippen LogP contribution in [0.25, 0.3) is 0 Å². The Labute approximate surface area is 118 Å². The van der Waals surface area contributed by atoms with E-state index in [1.165, 1.54) is 18.6 Å². The first-order chi connectivity index (χ1) is 9.29. The van der Waals surface area contributed by atoms with Crippen molar-refractivity contribution in [2.24, 2.45) is 11.1 Å². The van der Waals surface area contributed by atoms with Crippen molar-refractivity contribution in [3.63, 3.8) is 0 Å². The van der Waals surface area contributed by atoms with E-state index in [1.807, 2.05) is 6.92 Å². The molecule has 20 heavy (non-hydrogen) atoms. The zero-order valence-electron chi connectivity index (χ0n) is 11.2. The zero-order chi connectivity index (χ0) is 14.9. The van der Waals surface area contributed by atoms with Crippen LogP contribution < -0.4 is 10.5 Å². The summed E-state index contributed by atoms with van der Waals surface area (Å²) in [7, 11) is -3.91. The van der Waals surface area contributed by atoms with E-state index in [4.69, 9.17) is 5.14 Å². The van der Waals surface area contributed by atoms with Crippen LogP contribution in [0.15, 0.2) is 23.1 Å². The van der Waals surface area contributed by atoms with E-state index in [1.54, 1.807) is 0 Å². The van der Waals surface area contributed by atoms with Crippen LogP contribution >= 0.6 is 0 Å². The quantitative estimate of drug-likeness (QED) is 0.765. The number of sulfonamides is 1. The highest BCUT2D eigenvalue weighted by atomic mass is 32.2. The highest BCUT2D eigenvalue weighted by molar-refractivity contribution is 7.89. The van der Waals surface area contributed by atoms with Crippen molar-refractivity contribution < 1.29 is 18.3 Å². The van der Waals surface area contributed by atoms with Gasteiger partial charge in [-0.25, -0.2) is 18.4 Å². The summed E-state index contributed by atoms with van der Waals surface area (Å²) < 4.78 is 22.5. The third kappa shape index (κ3) is 3.10. The molecule has 0 aliphatic heterocycles. The highest BCUT2D eigenvalue weighted by Gasteiger charge is 2.25. The van der Waals surface area contributed by atoms with E-state index in [9.17, 15) is 18.3 Å². The minimum atomic E-state index is -3.91. The molecule has 1 aromatic carbocycles. The maximum atomic E-state index is 11.3.